The number of rotatable bonds is 8. The molecule has 5 heteroatoms. The Balaban J connectivity index is 1.81. The van der Waals surface area contributed by atoms with Crippen molar-refractivity contribution in [2.45, 2.75) is 33.4 Å². The third kappa shape index (κ3) is 6.44. The highest BCUT2D eigenvalue weighted by atomic mass is 16.5. The van der Waals surface area contributed by atoms with Crippen molar-refractivity contribution in [3.63, 3.8) is 0 Å². The second kappa shape index (κ2) is 10.4. The number of ether oxygens (including phenoxy) is 1. The Morgan fingerprint density at radius 1 is 0.968 bits per heavy atom. The van der Waals surface area contributed by atoms with E-state index in [0.717, 1.165) is 16.7 Å². The molecular formula is C26H28N2O3. The van der Waals surface area contributed by atoms with Crippen molar-refractivity contribution in [1.29, 1.82) is 0 Å². The molecule has 160 valence electrons. The molecule has 1 N–H and O–H groups in total. The number of amides is 2. The summed E-state index contributed by atoms with van der Waals surface area (Å²) < 4.78 is 5.78. The van der Waals surface area contributed by atoms with Crippen molar-refractivity contribution in [2.24, 2.45) is 0 Å². The van der Waals surface area contributed by atoms with E-state index in [2.05, 4.69) is 5.32 Å². The Hall–Kier alpha value is -3.60. The lowest BCUT2D eigenvalue weighted by Crippen LogP contribution is -2.36. The summed E-state index contributed by atoms with van der Waals surface area (Å²) in [6, 6.07) is 24.9. The minimum atomic E-state index is -0.206. The molecule has 0 spiro atoms. The summed E-state index contributed by atoms with van der Waals surface area (Å²) >= 11 is 0. The van der Waals surface area contributed by atoms with Crippen LogP contribution >= 0.6 is 0 Å². The number of nitrogens with zero attached hydrogens (tertiary/aromatic N) is 1. The standard InChI is InChI=1S/C26H28N2O3/c1-19-9-7-14-25(15-19)31-18-26(30)28(17-22-10-5-4-6-11-22)20(2)23-12-8-13-24(16-23)27-21(3)29/h4-16,20H,17-18H2,1-3H3,(H,27,29). The summed E-state index contributed by atoms with van der Waals surface area (Å²) in [5, 5.41) is 2.80. The van der Waals surface area contributed by atoms with E-state index in [0.29, 0.717) is 18.0 Å². The number of nitrogens with one attached hydrogen (secondary N) is 1. The quantitative estimate of drug-likeness (QED) is 0.554. The van der Waals surface area contributed by atoms with Gasteiger partial charge in [0, 0.05) is 19.2 Å². The molecule has 3 aromatic carbocycles. The van der Waals surface area contributed by atoms with Gasteiger partial charge in [-0.05, 0) is 54.8 Å². The van der Waals surface area contributed by atoms with Gasteiger partial charge in [-0.25, -0.2) is 0 Å². The second-order valence-corrected chi connectivity index (χ2v) is 7.60. The third-order valence-electron chi connectivity index (χ3n) is 5.02. The van der Waals surface area contributed by atoms with E-state index in [4.69, 9.17) is 4.74 Å². The number of anilines is 1. The lowest BCUT2D eigenvalue weighted by molar-refractivity contribution is -0.136. The van der Waals surface area contributed by atoms with Crippen LogP contribution < -0.4 is 10.1 Å². The molecule has 3 aromatic rings. The topological polar surface area (TPSA) is 58.6 Å². The Morgan fingerprint density at radius 2 is 1.71 bits per heavy atom. The smallest absolute Gasteiger partial charge is 0.261 e. The summed E-state index contributed by atoms with van der Waals surface area (Å²) in [7, 11) is 0. The van der Waals surface area contributed by atoms with Gasteiger partial charge < -0.3 is 15.0 Å². The van der Waals surface area contributed by atoms with Crippen molar-refractivity contribution in [2.75, 3.05) is 11.9 Å². The van der Waals surface area contributed by atoms with Crippen LogP contribution in [0.1, 0.15) is 36.6 Å². The molecule has 1 unspecified atom stereocenters. The van der Waals surface area contributed by atoms with Crippen LogP contribution in [0.3, 0.4) is 0 Å². The number of carbonyl (C=O) groups is 2. The second-order valence-electron chi connectivity index (χ2n) is 7.60. The van der Waals surface area contributed by atoms with Gasteiger partial charge >= 0.3 is 0 Å². The summed E-state index contributed by atoms with van der Waals surface area (Å²) in [6.07, 6.45) is 0. The van der Waals surface area contributed by atoms with Gasteiger partial charge in [-0.2, -0.15) is 0 Å². The Bertz CT molecular complexity index is 1030. The molecular weight excluding hydrogens is 388 g/mol. The molecule has 31 heavy (non-hydrogen) atoms. The highest BCUT2D eigenvalue weighted by Gasteiger charge is 2.23. The molecule has 0 aliphatic rings. The molecule has 1 atom stereocenters. The molecule has 0 radical (unpaired) electrons. The van der Waals surface area contributed by atoms with Crippen LogP contribution in [0.15, 0.2) is 78.9 Å². The maximum atomic E-state index is 13.2. The molecule has 0 aliphatic heterocycles. The first kappa shape index (κ1) is 22.1. The molecule has 0 saturated carbocycles. The maximum Gasteiger partial charge on any atom is 0.261 e. The van der Waals surface area contributed by atoms with Crippen LogP contribution in [0.4, 0.5) is 5.69 Å². The van der Waals surface area contributed by atoms with Gasteiger partial charge in [0.05, 0.1) is 6.04 Å². The largest absolute Gasteiger partial charge is 0.484 e. The molecule has 0 aromatic heterocycles. The average molecular weight is 417 g/mol. The number of aryl methyl sites for hydroxylation is 1. The number of hydrogen-bond donors (Lipinski definition) is 1. The normalized spacial score (nSPS) is 11.5. The molecule has 5 nitrogen and oxygen atoms in total. The lowest BCUT2D eigenvalue weighted by Gasteiger charge is -2.30. The van der Waals surface area contributed by atoms with Gasteiger partial charge in [-0.3, -0.25) is 9.59 Å². The number of carbonyl (C=O) groups excluding carboxylic acids is 2. The van der Waals surface area contributed by atoms with Crippen LogP contribution in [0.5, 0.6) is 5.75 Å². The van der Waals surface area contributed by atoms with Gasteiger partial charge in [-0.1, -0.05) is 54.6 Å². The first-order valence-electron chi connectivity index (χ1n) is 10.3. The fourth-order valence-electron chi connectivity index (χ4n) is 3.41. The maximum absolute atomic E-state index is 13.2. The van der Waals surface area contributed by atoms with E-state index in [1.54, 1.807) is 4.90 Å². The molecule has 0 fully saturated rings. The van der Waals surface area contributed by atoms with Gasteiger partial charge in [0.15, 0.2) is 6.61 Å². The van der Waals surface area contributed by atoms with Gasteiger partial charge in [0.1, 0.15) is 5.75 Å². The lowest BCUT2D eigenvalue weighted by atomic mass is 10.0. The Labute approximate surface area is 183 Å². The minimum Gasteiger partial charge on any atom is -0.484 e. The van der Waals surface area contributed by atoms with Gasteiger partial charge in [0.2, 0.25) is 5.91 Å². The SMILES string of the molecule is CC(=O)Nc1cccc(C(C)N(Cc2ccccc2)C(=O)COc2cccc(C)c2)c1. The van der Waals surface area contributed by atoms with E-state index in [9.17, 15) is 9.59 Å². The van der Waals surface area contributed by atoms with Crippen molar-refractivity contribution in [3.8, 4) is 5.75 Å². The van der Waals surface area contributed by atoms with E-state index >= 15 is 0 Å². The zero-order chi connectivity index (χ0) is 22.2. The van der Waals surface area contributed by atoms with Crippen molar-refractivity contribution in [1.82, 2.24) is 4.90 Å². The fourth-order valence-corrected chi connectivity index (χ4v) is 3.41. The molecule has 3 rings (SSSR count). The highest BCUT2D eigenvalue weighted by molar-refractivity contribution is 5.88. The fraction of sp³-hybridized carbons (Fsp3) is 0.231. The molecule has 0 heterocycles. The van der Waals surface area contributed by atoms with Crippen LogP contribution in [0.25, 0.3) is 0 Å². The van der Waals surface area contributed by atoms with E-state index in [1.165, 1.54) is 6.92 Å². The summed E-state index contributed by atoms with van der Waals surface area (Å²) in [5.74, 6) is 0.435. The van der Waals surface area contributed by atoms with Crippen LogP contribution in [0, 0.1) is 6.92 Å². The van der Waals surface area contributed by atoms with Crippen LogP contribution in [-0.2, 0) is 16.1 Å². The third-order valence-corrected chi connectivity index (χ3v) is 5.02. The van der Waals surface area contributed by atoms with Crippen LogP contribution in [-0.4, -0.2) is 23.3 Å². The predicted octanol–water partition coefficient (Wildman–Crippen LogP) is 5.12. The zero-order valence-electron chi connectivity index (χ0n) is 18.2. The summed E-state index contributed by atoms with van der Waals surface area (Å²) in [5.41, 5.74) is 3.76. The number of benzene rings is 3. The summed E-state index contributed by atoms with van der Waals surface area (Å²) in [4.78, 5) is 26.4. The van der Waals surface area contributed by atoms with Crippen molar-refractivity contribution >= 4 is 17.5 Å². The average Bonchev–Trinajstić information content (AvgIpc) is 2.76. The first-order valence-corrected chi connectivity index (χ1v) is 10.3. The highest BCUT2D eigenvalue weighted by Crippen LogP contribution is 2.25. The van der Waals surface area contributed by atoms with E-state index in [1.807, 2.05) is 92.7 Å². The van der Waals surface area contributed by atoms with Crippen molar-refractivity contribution < 1.29 is 14.3 Å². The van der Waals surface area contributed by atoms with Gasteiger partial charge in [-0.15, -0.1) is 0 Å². The first-order chi connectivity index (χ1) is 14.9. The Morgan fingerprint density at radius 3 is 2.42 bits per heavy atom. The molecule has 0 aliphatic carbocycles. The Kier molecular flexibility index (Phi) is 7.44. The summed E-state index contributed by atoms with van der Waals surface area (Å²) in [6.45, 7) is 5.86. The minimum absolute atomic E-state index is 0.0496. The monoisotopic (exact) mass is 416 g/mol. The molecule has 2 amide bonds. The van der Waals surface area contributed by atoms with E-state index < -0.39 is 0 Å². The van der Waals surface area contributed by atoms with E-state index in [-0.39, 0.29) is 24.5 Å². The zero-order valence-corrected chi connectivity index (χ0v) is 18.2. The number of hydrogen-bond acceptors (Lipinski definition) is 3. The molecule has 0 saturated heterocycles. The van der Waals surface area contributed by atoms with Gasteiger partial charge in [0.25, 0.3) is 5.91 Å². The molecule has 0 bridgehead atoms. The predicted molar refractivity (Wildman–Crippen MR) is 123 cm³/mol. The van der Waals surface area contributed by atoms with Crippen LogP contribution in [0.2, 0.25) is 0 Å². The van der Waals surface area contributed by atoms with Crippen molar-refractivity contribution in [3.05, 3.63) is 95.6 Å².